The number of hydrogen-bond acceptors (Lipinski definition) is 6. The molecule has 0 bridgehead atoms. The Morgan fingerprint density at radius 2 is 2.32 bits per heavy atom. The molecule has 19 heavy (non-hydrogen) atoms. The second-order valence-electron chi connectivity index (χ2n) is 4.39. The number of carbonyl (C=O) groups excluding carboxylic acids is 1. The summed E-state index contributed by atoms with van der Waals surface area (Å²) in [5.41, 5.74) is 0. The van der Waals surface area contributed by atoms with Crippen molar-refractivity contribution >= 4 is 45.5 Å². The molecule has 4 nitrogen and oxygen atoms in total. The smallest absolute Gasteiger partial charge is 0.226 e. The summed E-state index contributed by atoms with van der Waals surface area (Å²) < 4.78 is 0.883. The molecule has 0 aliphatic rings. The Hall–Kier alpha value is -0.920. The third-order valence-corrected chi connectivity index (χ3v) is 5.24. The topological polar surface area (TPSA) is 54.9 Å². The van der Waals surface area contributed by atoms with Crippen LogP contribution in [0, 0.1) is 5.92 Å². The third kappa shape index (κ3) is 4.93. The van der Waals surface area contributed by atoms with Gasteiger partial charge in [0.25, 0.3) is 0 Å². The highest BCUT2D eigenvalue weighted by Gasteiger charge is 2.10. The molecule has 0 unspecified atom stereocenters. The third-order valence-electron chi connectivity index (χ3n) is 2.16. The Morgan fingerprint density at radius 1 is 1.47 bits per heavy atom. The predicted molar refractivity (Wildman–Crippen MR) is 81.9 cm³/mol. The maximum Gasteiger partial charge on any atom is 0.226 e. The average Bonchev–Trinajstić information content (AvgIpc) is 2.95. The van der Waals surface area contributed by atoms with E-state index >= 15 is 0 Å². The molecule has 2 aromatic rings. The zero-order valence-electron chi connectivity index (χ0n) is 10.8. The zero-order valence-corrected chi connectivity index (χ0v) is 13.2. The Labute approximate surface area is 124 Å². The highest BCUT2D eigenvalue weighted by atomic mass is 32.2. The molecule has 0 aliphatic carbocycles. The van der Waals surface area contributed by atoms with Gasteiger partial charge in [0.15, 0.2) is 4.34 Å². The number of aromatic nitrogens is 2. The Morgan fingerprint density at radius 3 is 3.00 bits per heavy atom. The Balaban J connectivity index is 1.83. The van der Waals surface area contributed by atoms with Crippen LogP contribution in [0.1, 0.15) is 25.1 Å². The van der Waals surface area contributed by atoms with Crippen LogP contribution >= 0.6 is 34.4 Å². The molecule has 0 saturated carbocycles. The maximum absolute atomic E-state index is 11.6. The first-order valence-corrected chi connectivity index (χ1v) is 8.60. The number of amides is 1. The maximum atomic E-state index is 11.6. The van der Waals surface area contributed by atoms with Gasteiger partial charge in [-0.15, -0.1) is 21.5 Å². The summed E-state index contributed by atoms with van der Waals surface area (Å²) in [6, 6.07) is 4.14. The second kappa shape index (κ2) is 7.02. The molecule has 102 valence electrons. The minimum atomic E-state index is 0.000886. The molecule has 1 N–H and O–H groups in total. The van der Waals surface area contributed by atoms with Gasteiger partial charge in [0.05, 0.1) is 0 Å². The van der Waals surface area contributed by atoms with Crippen molar-refractivity contribution in [2.24, 2.45) is 5.92 Å². The molecule has 0 radical (unpaired) electrons. The van der Waals surface area contributed by atoms with E-state index in [9.17, 15) is 4.79 Å². The van der Waals surface area contributed by atoms with E-state index in [1.54, 1.807) is 23.1 Å². The number of anilines is 1. The first kappa shape index (κ1) is 14.5. The molecule has 0 aliphatic heterocycles. The van der Waals surface area contributed by atoms with Gasteiger partial charge in [-0.05, 0) is 17.4 Å². The van der Waals surface area contributed by atoms with Gasteiger partial charge in [0.2, 0.25) is 11.0 Å². The van der Waals surface area contributed by atoms with Crippen LogP contribution < -0.4 is 5.32 Å². The van der Waals surface area contributed by atoms with Gasteiger partial charge in [0, 0.05) is 17.1 Å². The van der Waals surface area contributed by atoms with Crippen LogP contribution in [0.25, 0.3) is 0 Å². The highest BCUT2D eigenvalue weighted by molar-refractivity contribution is 8.00. The molecular weight excluding hydrogens is 298 g/mol. The van der Waals surface area contributed by atoms with E-state index in [-0.39, 0.29) is 5.91 Å². The molecule has 1 amide bonds. The van der Waals surface area contributed by atoms with E-state index in [1.807, 2.05) is 19.9 Å². The van der Waals surface area contributed by atoms with Crippen molar-refractivity contribution in [1.29, 1.82) is 0 Å². The molecule has 0 saturated heterocycles. The Bertz CT molecular complexity index is 522. The summed E-state index contributed by atoms with van der Waals surface area (Å²) in [6.07, 6.45) is 0.511. The number of rotatable bonds is 6. The quantitative estimate of drug-likeness (QED) is 0.649. The predicted octanol–water partition coefficient (Wildman–Crippen LogP) is 3.88. The number of nitrogens with one attached hydrogen (secondary N) is 1. The number of thioether (sulfide) groups is 1. The van der Waals surface area contributed by atoms with Gasteiger partial charge in [-0.3, -0.25) is 4.79 Å². The monoisotopic (exact) mass is 313 g/mol. The molecule has 0 atom stereocenters. The molecule has 0 aromatic carbocycles. The first-order chi connectivity index (χ1) is 9.13. The largest absolute Gasteiger partial charge is 0.300 e. The molecule has 2 heterocycles. The normalized spacial score (nSPS) is 10.9. The molecule has 2 rings (SSSR count). The van der Waals surface area contributed by atoms with Gasteiger partial charge >= 0.3 is 0 Å². The van der Waals surface area contributed by atoms with Crippen LogP contribution in [0.15, 0.2) is 21.9 Å². The minimum absolute atomic E-state index is 0.000886. The van der Waals surface area contributed by atoms with Gasteiger partial charge in [-0.1, -0.05) is 43.0 Å². The number of nitrogens with zero attached hydrogens (tertiary/aromatic N) is 2. The van der Waals surface area contributed by atoms with E-state index in [0.29, 0.717) is 17.5 Å². The lowest BCUT2D eigenvalue weighted by atomic mass is 10.1. The van der Waals surface area contributed by atoms with E-state index < -0.39 is 0 Å². The number of hydrogen-bond donors (Lipinski definition) is 1. The molecule has 0 spiro atoms. The van der Waals surface area contributed by atoms with Crippen molar-refractivity contribution in [2.45, 2.75) is 30.4 Å². The summed E-state index contributed by atoms with van der Waals surface area (Å²) in [7, 11) is 0. The number of carbonyl (C=O) groups is 1. The lowest BCUT2D eigenvalue weighted by Gasteiger charge is -2.02. The summed E-state index contributed by atoms with van der Waals surface area (Å²) in [5.74, 6) is 1.24. The van der Waals surface area contributed by atoms with E-state index in [4.69, 9.17) is 0 Å². The SMILES string of the molecule is CC(C)CC(=O)Nc1nnc(SCc2cccs2)s1. The van der Waals surface area contributed by atoms with Crippen molar-refractivity contribution in [2.75, 3.05) is 5.32 Å². The summed E-state index contributed by atoms with van der Waals surface area (Å²) >= 11 is 4.80. The Kier molecular flexibility index (Phi) is 5.35. The molecule has 2 aromatic heterocycles. The van der Waals surface area contributed by atoms with Gasteiger partial charge < -0.3 is 5.32 Å². The van der Waals surface area contributed by atoms with Crippen LogP contribution in [0.5, 0.6) is 0 Å². The fourth-order valence-corrected chi connectivity index (χ4v) is 3.93. The van der Waals surface area contributed by atoms with Crippen molar-refractivity contribution < 1.29 is 4.79 Å². The summed E-state index contributed by atoms with van der Waals surface area (Å²) in [6.45, 7) is 4.03. The minimum Gasteiger partial charge on any atom is -0.300 e. The van der Waals surface area contributed by atoms with Crippen molar-refractivity contribution in [3.8, 4) is 0 Å². The van der Waals surface area contributed by atoms with Gasteiger partial charge in [-0.2, -0.15) is 0 Å². The number of thiophene rings is 1. The molecule has 7 heteroatoms. The molecular formula is C12H15N3OS3. The van der Waals surface area contributed by atoms with Crippen LogP contribution in [-0.4, -0.2) is 16.1 Å². The summed E-state index contributed by atoms with van der Waals surface area (Å²) in [4.78, 5) is 12.9. The van der Waals surface area contributed by atoms with Crippen molar-refractivity contribution in [3.05, 3.63) is 22.4 Å². The van der Waals surface area contributed by atoms with Crippen LogP contribution in [0.3, 0.4) is 0 Å². The van der Waals surface area contributed by atoms with Crippen molar-refractivity contribution in [3.63, 3.8) is 0 Å². The van der Waals surface area contributed by atoms with Gasteiger partial charge in [0.1, 0.15) is 0 Å². The van der Waals surface area contributed by atoms with E-state index in [1.165, 1.54) is 16.2 Å². The second-order valence-corrected chi connectivity index (χ2v) is 7.62. The highest BCUT2D eigenvalue weighted by Crippen LogP contribution is 2.29. The van der Waals surface area contributed by atoms with Crippen LogP contribution in [0.2, 0.25) is 0 Å². The first-order valence-electron chi connectivity index (χ1n) is 5.92. The van der Waals surface area contributed by atoms with Crippen LogP contribution in [0.4, 0.5) is 5.13 Å². The fourth-order valence-electron chi connectivity index (χ4n) is 1.39. The average molecular weight is 313 g/mol. The van der Waals surface area contributed by atoms with Crippen LogP contribution in [-0.2, 0) is 10.5 Å². The fraction of sp³-hybridized carbons (Fsp3) is 0.417. The lowest BCUT2D eigenvalue weighted by molar-refractivity contribution is -0.116. The summed E-state index contributed by atoms with van der Waals surface area (Å²) in [5, 5.41) is 13.5. The van der Waals surface area contributed by atoms with E-state index in [0.717, 1.165) is 10.1 Å². The van der Waals surface area contributed by atoms with Gasteiger partial charge in [-0.25, -0.2) is 0 Å². The van der Waals surface area contributed by atoms with Crippen molar-refractivity contribution in [1.82, 2.24) is 10.2 Å². The van der Waals surface area contributed by atoms with E-state index in [2.05, 4.69) is 27.0 Å². The lowest BCUT2D eigenvalue weighted by Crippen LogP contribution is -2.13. The zero-order chi connectivity index (χ0) is 13.7. The standard InChI is InChI=1S/C12H15N3OS3/c1-8(2)6-10(16)13-11-14-15-12(19-11)18-7-9-4-3-5-17-9/h3-5,8H,6-7H2,1-2H3,(H,13,14,16). The molecule has 0 fully saturated rings.